The second-order valence-corrected chi connectivity index (χ2v) is 9.55. The molecule has 5 heteroatoms. The third kappa shape index (κ3) is 2.69. The van der Waals surface area contributed by atoms with Crippen LogP contribution in [-0.2, 0) is 9.22 Å². The summed E-state index contributed by atoms with van der Waals surface area (Å²) in [4.78, 5) is 0. The molecule has 28 heavy (non-hydrogen) atoms. The van der Waals surface area contributed by atoms with Gasteiger partial charge < -0.3 is 13.9 Å². The van der Waals surface area contributed by atoms with E-state index in [0.29, 0.717) is 5.75 Å². The molecule has 4 aromatic rings. The first-order valence-corrected chi connectivity index (χ1v) is 10.9. The summed E-state index contributed by atoms with van der Waals surface area (Å²) in [5.74, 6) is 0.0224. The lowest BCUT2D eigenvalue weighted by Gasteiger charge is -2.33. The molecule has 3 nitrogen and oxygen atoms in total. The van der Waals surface area contributed by atoms with Crippen molar-refractivity contribution in [2.75, 3.05) is 0 Å². The van der Waals surface area contributed by atoms with Crippen molar-refractivity contribution >= 4 is 36.2 Å². The van der Waals surface area contributed by atoms with Crippen LogP contribution < -0.4 is 15.3 Å². The SMILES string of the molecule is O=P(c1ccccc1)(c1ccccc1)C1O[B]Oc2ccc3ccccc3c21. The largest absolute Gasteiger partial charge is 0.573 e. The molecular formula is C23H17BO3P. The van der Waals surface area contributed by atoms with Crippen molar-refractivity contribution in [2.24, 2.45) is 0 Å². The molecule has 1 radical (unpaired) electrons. The summed E-state index contributed by atoms with van der Waals surface area (Å²) >= 11 is 0. The van der Waals surface area contributed by atoms with E-state index in [9.17, 15) is 4.57 Å². The molecule has 0 spiro atoms. The lowest BCUT2D eigenvalue weighted by molar-refractivity contribution is 0.234. The topological polar surface area (TPSA) is 35.5 Å². The summed E-state index contributed by atoms with van der Waals surface area (Å²) in [7, 11) is -1.86. The zero-order chi connectivity index (χ0) is 19.0. The number of fused-ring (bicyclic) bond motifs is 3. The van der Waals surface area contributed by atoms with E-state index in [1.54, 1.807) is 0 Å². The Morgan fingerprint density at radius 3 is 2.00 bits per heavy atom. The van der Waals surface area contributed by atoms with E-state index in [0.717, 1.165) is 26.9 Å². The average Bonchev–Trinajstić information content (AvgIpc) is 2.79. The maximum atomic E-state index is 14.8. The molecule has 1 aliphatic heterocycles. The summed E-state index contributed by atoms with van der Waals surface area (Å²) in [6.45, 7) is 0. The van der Waals surface area contributed by atoms with E-state index in [4.69, 9.17) is 9.31 Å². The summed E-state index contributed by atoms with van der Waals surface area (Å²) in [6, 6.07) is 31.2. The lowest BCUT2D eigenvalue weighted by atomic mass is 10.0. The normalized spacial score (nSPS) is 16.1. The van der Waals surface area contributed by atoms with Crippen LogP contribution in [0.2, 0.25) is 0 Å². The van der Waals surface area contributed by atoms with Crippen molar-refractivity contribution in [3.05, 3.63) is 103 Å². The fraction of sp³-hybridized carbons (Fsp3) is 0.0435. The third-order valence-corrected chi connectivity index (χ3v) is 8.32. The van der Waals surface area contributed by atoms with Crippen molar-refractivity contribution in [3.63, 3.8) is 0 Å². The Hall–Kier alpha value is -2.81. The first-order chi connectivity index (χ1) is 13.8. The van der Waals surface area contributed by atoms with Gasteiger partial charge in [0.1, 0.15) is 11.6 Å². The number of hydrogen-bond acceptors (Lipinski definition) is 3. The standard InChI is InChI=1S/C23H17BO3P/c25-28(18-10-3-1-4-11-18,19-12-5-2-6-13-19)23-22-20-14-8-7-9-17(20)15-16-21(22)26-24-27-23/h1-16,23H. The van der Waals surface area contributed by atoms with Crippen LogP contribution >= 0.6 is 7.14 Å². The highest BCUT2D eigenvalue weighted by molar-refractivity contribution is 7.78. The highest BCUT2D eigenvalue weighted by atomic mass is 31.2. The van der Waals surface area contributed by atoms with Crippen LogP contribution in [0.5, 0.6) is 5.75 Å². The van der Waals surface area contributed by atoms with Gasteiger partial charge in [-0.3, -0.25) is 0 Å². The van der Waals surface area contributed by atoms with Gasteiger partial charge in [-0.2, -0.15) is 0 Å². The van der Waals surface area contributed by atoms with Gasteiger partial charge in [0, 0.05) is 16.2 Å². The average molecular weight is 383 g/mol. The smallest absolute Gasteiger partial charge is 0.537 e. The zero-order valence-electron chi connectivity index (χ0n) is 15.1. The van der Waals surface area contributed by atoms with Gasteiger partial charge in [-0.05, 0) is 16.8 Å². The predicted molar refractivity (Wildman–Crippen MR) is 114 cm³/mol. The van der Waals surface area contributed by atoms with Gasteiger partial charge in [0.05, 0.1) is 0 Å². The molecule has 0 N–H and O–H groups in total. The molecule has 1 heterocycles. The van der Waals surface area contributed by atoms with E-state index in [2.05, 4.69) is 0 Å². The van der Waals surface area contributed by atoms with Crippen molar-refractivity contribution < 1.29 is 13.9 Å². The van der Waals surface area contributed by atoms with E-state index in [-0.39, 0.29) is 0 Å². The Morgan fingerprint density at radius 2 is 1.32 bits per heavy atom. The molecule has 1 aliphatic rings. The summed E-state index contributed by atoms with van der Waals surface area (Å²) < 4.78 is 26.4. The molecule has 1 atom stereocenters. The minimum atomic E-state index is -3.17. The van der Waals surface area contributed by atoms with Crippen molar-refractivity contribution in [1.29, 1.82) is 0 Å². The van der Waals surface area contributed by atoms with Crippen molar-refractivity contribution in [3.8, 4) is 5.75 Å². The molecule has 0 fully saturated rings. The first kappa shape index (κ1) is 17.3. The second kappa shape index (κ2) is 6.98. The highest BCUT2D eigenvalue weighted by Crippen LogP contribution is 2.61. The highest BCUT2D eigenvalue weighted by Gasteiger charge is 2.43. The molecule has 0 aliphatic carbocycles. The summed E-state index contributed by atoms with van der Waals surface area (Å²) in [5, 5.41) is 3.58. The van der Waals surface area contributed by atoms with Crippen LogP contribution in [0.4, 0.5) is 0 Å². The van der Waals surface area contributed by atoms with Gasteiger partial charge in [0.25, 0.3) is 0 Å². The van der Waals surface area contributed by atoms with E-state index in [1.807, 2.05) is 97.1 Å². The lowest BCUT2D eigenvalue weighted by Crippen LogP contribution is -2.28. The molecule has 0 aromatic heterocycles. The predicted octanol–water partition coefficient (Wildman–Crippen LogP) is 4.80. The molecular weight excluding hydrogens is 366 g/mol. The molecule has 5 rings (SSSR count). The van der Waals surface area contributed by atoms with E-state index < -0.39 is 13.0 Å². The van der Waals surface area contributed by atoms with Crippen LogP contribution in [0.3, 0.4) is 0 Å². The van der Waals surface area contributed by atoms with Gasteiger partial charge in [0.15, 0.2) is 7.14 Å². The minimum Gasteiger partial charge on any atom is -0.537 e. The van der Waals surface area contributed by atoms with Crippen LogP contribution in [0.15, 0.2) is 97.1 Å². The Balaban J connectivity index is 1.82. The Morgan fingerprint density at radius 1 is 0.714 bits per heavy atom. The number of benzene rings is 4. The molecule has 4 aromatic carbocycles. The van der Waals surface area contributed by atoms with Crippen molar-refractivity contribution in [1.82, 2.24) is 0 Å². The second-order valence-electron chi connectivity index (χ2n) is 6.73. The summed E-state index contributed by atoms with van der Waals surface area (Å²) in [6.07, 6.45) is 0. The van der Waals surface area contributed by atoms with Crippen LogP contribution in [0.25, 0.3) is 10.8 Å². The Kier molecular flexibility index (Phi) is 4.31. The van der Waals surface area contributed by atoms with Gasteiger partial charge in [-0.15, -0.1) is 0 Å². The molecule has 1 unspecified atom stereocenters. The van der Waals surface area contributed by atoms with Gasteiger partial charge in [-0.25, -0.2) is 0 Å². The van der Waals surface area contributed by atoms with E-state index >= 15 is 0 Å². The first-order valence-electron chi connectivity index (χ1n) is 9.15. The number of rotatable bonds is 3. The van der Waals surface area contributed by atoms with Crippen LogP contribution in [0.1, 0.15) is 11.4 Å². The van der Waals surface area contributed by atoms with E-state index in [1.165, 1.54) is 7.69 Å². The Bertz CT molecular complexity index is 1130. The monoisotopic (exact) mass is 383 g/mol. The maximum absolute atomic E-state index is 14.8. The maximum Gasteiger partial charge on any atom is 0.573 e. The molecule has 135 valence electrons. The van der Waals surface area contributed by atoms with Gasteiger partial charge >= 0.3 is 7.69 Å². The van der Waals surface area contributed by atoms with Crippen LogP contribution in [-0.4, -0.2) is 7.69 Å². The quantitative estimate of drug-likeness (QED) is 0.377. The van der Waals surface area contributed by atoms with Crippen molar-refractivity contribution in [2.45, 2.75) is 5.85 Å². The minimum absolute atomic E-state index is 0.660. The molecule has 0 amide bonds. The zero-order valence-corrected chi connectivity index (χ0v) is 16.0. The molecule has 0 saturated heterocycles. The molecule has 0 saturated carbocycles. The Labute approximate surface area is 164 Å². The fourth-order valence-electron chi connectivity index (χ4n) is 3.82. The fourth-order valence-corrected chi connectivity index (χ4v) is 6.74. The summed E-state index contributed by atoms with van der Waals surface area (Å²) in [5.41, 5.74) is 0.830. The van der Waals surface area contributed by atoms with Gasteiger partial charge in [0.2, 0.25) is 0 Å². The van der Waals surface area contributed by atoms with Gasteiger partial charge in [-0.1, -0.05) is 91.0 Å². The number of hydrogen-bond donors (Lipinski definition) is 0. The molecule has 0 bridgehead atoms. The third-order valence-electron chi connectivity index (χ3n) is 5.15. The van der Waals surface area contributed by atoms with Crippen LogP contribution in [0, 0.1) is 0 Å².